The minimum atomic E-state index is 0.283. The number of aldehydes is 1. The highest BCUT2D eigenvalue weighted by molar-refractivity contribution is 5.49. The third kappa shape index (κ3) is 2.47. The van der Waals surface area contributed by atoms with E-state index in [1.807, 2.05) is 18.2 Å². The summed E-state index contributed by atoms with van der Waals surface area (Å²) in [6.45, 7) is 1.23. The molecule has 1 aromatic rings. The van der Waals surface area contributed by atoms with E-state index in [1.54, 1.807) is 0 Å². The Balaban J connectivity index is 1.89. The van der Waals surface area contributed by atoms with Crippen LogP contribution in [0.2, 0.25) is 0 Å². The van der Waals surface area contributed by atoms with Gasteiger partial charge in [0, 0.05) is 6.42 Å². The molecule has 1 aliphatic rings. The summed E-state index contributed by atoms with van der Waals surface area (Å²) in [6, 6.07) is 5.68. The quantitative estimate of drug-likeness (QED) is 0.543. The van der Waals surface area contributed by atoms with Crippen LogP contribution >= 0.6 is 0 Å². The number of carbonyl (C=O) groups is 1. The van der Waals surface area contributed by atoms with Gasteiger partial charge in [0.25, 0.3) is 0 Å². The highest BCUT2D eigenvalue weighted by atomic mass is 16.7. The average molecular weight is 208 g/mol. The summed E-state index contributed by atoms with van der Waals surface area (Å²) >= 11 is 0. The van der Waals surface area contributed by atoms with E-state index in [-0.39, 0.29) is 6.79 Å². The molecule has 0 atom stereocenters. The number of ether oxygens (including phenoxy) is 3. The van der Waals surface area contributed by atoms with E-state index in [1.165, 1.54) is 0 Å². The number of hydrogen-bond donors (Lipinski definition) is 0. The molecule has 1 aliphatic heterocycles. The molecular weight excluding hydrogens is 196 g/mol. The van der Waals surface area contributed by atoms with Crippen LogP contribution < -0.4 is 9.47 Å². The molecule has 0 radical (unpaired) electrons. The van der Waals surface area contributed by atoms with Gasteiger partial charge in [0.05, 0.1) is 13.2 Å². The van der Waals surface area contributed by atoms with Crippen LogP contribution in [0, 0.1) is 0 Å². The van der Waals surface area contributed by atoms with Crippen LogP contribution in [-0.2, 0) is 16.1 Å². The lowest BCUT2D eigenvalue weighted by Crippen LogP contribution is -1.96. The maximum absolute atomic E-state index is 10.1. The molecule has 0 spiro atoms. The largest absolute Gasteiger partial charge is 0.454 e. The van der Waals surface area contributed by atoms with Gasteiger partial charge in [-0.05, 0) is 17.7 Å². The van der Waals surface area contributed by atoms with Crippen LogP contribution in [0.1, 0.15) is 12.0 Å². The molecule has 80 valence electrons. The Bertz CT molecular complexity index is 348. The first-order valence-electron chi connectivity index (χ1n) is 4.80. The second-order valence-electron chi connectivity index (χ2n) is 3.20. The summed E-state index contributed by atoms with van der Waals surface area (Å²) in [5.41, 5.74) is 1.02. The molecule has 2 rings (SSSR count). The molecule has 0 aromatic heterocycles. The normalized spacial score (nSPS) is 12.8. The lowest BCUT2D eigenvalue weighted by atomic mass is 10.2. The summed E-state index contributed by atoms with van der Waals surface area (Å²) in [4.78, 5) is 10.1. The third-order valence-electron chi connectivity index (χ3n) is 2.09. The van der Waals surface area contributed by atoms with Crippen LogP contribution in [-0.4, -0.2) is 19.7 Å². The van der Waals surface area contributed by atoms with Crippen molar-refractivity contribution in [1.29, 1.82) is 0 Å². The molecule has 0 saturated heterocycles. The molecule has 0 N–H and O–H groups in total. The van der Waals surface area contributed by atoms with E-state index in [4.69, 9.17) is 14.2 Å². The molecular formula is C11H12O4. The molecule has 1 aromatic carbocycles. The predicted octanol–water partition coefficient (Wildman–Crippen LogP) is 1.52. The molecule has 15 heavy (non-hydrogen) atoms. The van der Waals surface area contributed by atoms with E-state index in [2.05, 4.69) is 0 Å². The first-order chi connectivity index (χ1) is 7.40. The van der Waals surface area contributed by atoms with Gasteiger partial charge in [-0.1, -0.05) is 6.07 Å². The van der Waals surface area contributed by atoms with Gasteiger partial charge in [0.1, 0.15) is 6.29 Å². The van der Waals surface area contributed by atoms with Crippen molar-refractivity contribution in [2.45, 2.75) is 13.0 Å². The molecule has 0 saturated carbocycles. The first-order valence-corrected chi connectivity index (χ1v) is 4.80. The summed E-state index contributed by atoms with van der Waals surface area (Å²) in [5, 5.41) is 0. The van der Waals surface area contributed by atoms with Crippen molar-refractivity contribution in [1.82, 2.24) is 0 Å². The van der Waals surface area contributed by atoms with Crippen LogP contribution in [0.4, 0.5) is 0 Å². The molecule has 4 nitrogen and oxygen atoms in total. The third-order valence-corrected chi connectivity index (χ3v) is 2.09. The Morgan fingerprint density at radius 1 is 1.33 bits per heavy atom. The van der Waals surface area contributed by atoms with E-state index >= 15 is 0 Å². The summed E-state index contributed by atoms with van der Waals surface area (Å²) in [7, 11) is 0. The topological polar surface area (TPSA) is 44.8 Å². The Morgan fingerprint density at radius 2 is 2.20 bits per heavy atom. The average Bonchev–Trinajstić information content (AvgIpc) is 2.71. The highest BCUT2D eigenvalue weighted by Crippen LogP contribution is 2.32. The SMILES string of the molecule is O=CCCOCc1ccc2c(c1)OCO2. The number of rotatable bonds is 5. The van der Waals surface area contributed by atoms with Gasteiger partial charge in [0.2, 0.25) is 6.79 Å². The van der Waals surface area contributed by atoms with Crippen molar-refractivity contribution in [2.24, 2.45) is 0 Å². The molecule has 0 aliphatic carbocycles. The standard InChI is InChI=1S/C11H12O4/c12-4-1-5-13-7-9-2-3-10-11(6-9)15-8-14-10/h2-4,6H,1,5,7-8H2. The fourth-order valence-corrected chi connectivity index (χ4v) is 1.35. The van der Waals surface area contributed by atoms with Gasteiger partial charge < -0.3 is 19.0 Å². The maximum atomic E-state index is 10.1. The fourth-order valence-electron chi connectivity index (χ4n) is 1.35. The van der Waals surface area contributed by atoms with Gasteiger partial charge in [-0.25, -0.2) is 0 Å². The van der Waals surface area contributed by atoms with Gasteiger partial charge in [-0.15, -0.1) is 0 Å². The monoisotopic (exact) mass is 208 g/mol. The van der Waals surface area contributed by atoms with Crippen molar-refractivity contribution in [2.75, 3.05) is 13.4 Å². The van der Waals surface area contributed by atoms with E-state index in [9.17, 15) is 4.79 Å². The van der Waals surface area contributed by atoms with Crippen LogP contribution in [0.5, 0.6) is 11.5 Å². The summed E-state index contributed by atoms with van der Waals surface area (Å²) in [5.74, 6) is 1.53. The van der Waals surface area contributed by atoms with E-state index < -0.39 is 0 Å². The van der Waals surface area contributed by atoms with Crippen LogP contribution in [0.3, 0.4) is 0 Å². The zero-order valence-corrected chi connectivity index (χ0v) is 8.27. The number of hydrogen-bond acceptors (Lipinski definition) is 4. The molecule has 0 bridgehead atoms. The van der Waals surface area contributed by atoms with Gasteiger partial charge in [-0.2, -0.15) is 0 Å². The smallest absolute Gasteiger partial charge is 0.231 e. The maximum Gasteiger partial charge on any atom is 0.231 e. The van der Waals surface area contributed by atoms with Gasteiger partial charge in [0.15, 0.2) is 11.5 Å². The highest BCUT2D eigenvalue weighted by Gasteiger charge is 2.12. The van der Waals surface area contributed by atoms with Crippen LogP contribution in [0.25, 0.3) is 0 Å². The summed E-state index contributed by atoms with van der Waals surface area (Å²) < 4.78 is 15.7. The first kappa shape index (κ1) is 9.98. The Morgan fingerprint density at radius 3 is 3.07 bits per heavy atom. The zero-order valence-electron chi connectivity index (χ0n) is 8.27. The van der Waals surface area contributed by atoms with Crippen molar-refractivity contribution in [3.8, 4) is 11.5 Å². The van der Waals surface area contributed by atoms with Crippen molar-refractivity contribution in [3.63, 3.8) is 0 Å². The molecule has 0 unspecified atom stereocenters. The second-order valence-corrected chi connectivity index (χ2v) is 3.20. The number of carbonyl (C=O) groups excluding carboxylic acids is 1. The Labute approximate surface area is 87.8 Å². The van der Waals surface area contributed by atoms with E-state index in [0.717, 1.165) is 23.3 Å². The summed E-state index contributed by atoms with van der Waals surface area (Å²) in [6.07, 6.45) is 1.28. The lowest BCUT2D eigenvalue weighted by molar-refractivity contribution is -0.108. The minimum absolute atomic E-state index is 0.283. The molecule has 4 heteroatoms. The van der Waals surface area contributed by atoms with Crippen molar-refractivity contribution in [3.05, 3.63) is 23.8 Å². The predicted molar refractivity (Wildman–Crippen MR) is 52.9 cm³/mol. The van der Waals surface area contributed by atoms with Crippen molar-refractivity contribution < 1.29 is 19.0 Å². The van der Waals surface area contributed by atoms with Crippen LogP contribution in [0.15, 0.2) is 18.2 Å². The van der Waals surface area contributed by atoms with Crippen molar-refractivity contribution >= 4 is 6.29 Å². The lowest BCUT2D eigenvalue weighted by Gasteiger charge is -2.03. The number of fused-ring (bicyclic) bond motifs is 1. The number of benzene rings is 1. The zero-order chi connectivity index (χ0) is 10.5. The van der Waals surface area contributed by atoms with E-state index in [0.29, 0.717) is 19.6 Å². The fraction of sp³-hybridized carbons (Fsp3) is 0.364. The minimum Gasteiger partial charge on any atom is -0.454 e. The second kappa shape index (κ2) is 4.79. The molecule has 1 heterocycles. The Kier molecular flexibility index (Phi) is 3.19. The molecule has 0 fully saturated rings. The van der Waals surface area contributed by atoms with Gasteiger partial charge in [-0.3, -0.25) is 0 Å². The molecule has 0 amide bonds. The Hall–Kier alpha value is -1.55. The van der Waals surface area contributed by atoms with Gasteiger partial charge >= 0.3 is 0 Å².